The van der Waals surface area contributed by atoms with Crippen LogP contribution in [-0.4, -0.2) is 32.3 Å². The van der Waals surface area contributed by atoms with Gasteiger partial charge in [0, 0.05) is 23.5 Å². The predicted octanol–water partition coefficient (Wildman–Crippen LogP) is 3.00. The molecule has 1 aliphatic heterocycles. The lowest BCUT2D eigenvalue weighted by atomic mass is 9.99. The first kappa shape index (κ1) is 15.3. The summed E-state index contributed by atoms with van der Waals surface area (Å²) in [6.45, 7) is 3.56. The van der Waals surface area contributed by atoms with Crippen LogP contribution >= 0.6 is 15.9 Å². The Labute approximate surface area is 128 Å². The van der Waals surface area contributed by atoms with E-state index in [1.807, 2.05) is 12.1 Å². The number of amides is 1. The second-order valence-corrected chi connectivity index (χ2v) is 5.78. The van der Waals surface area contributed by atoms with Gasteiger partial charge in [-0.1, -0.05) is 6.92 Å². The van der Waals surface area contributed by atoms with E-state index in [1.165, 1.54) is 0 Å². The molecule has 1 aromatic carbocycles. The van der Waals surface area contributed by atoms with E-state index < -0.39 is 0 Å². The van der Waals surface area contributed by atoms with Crippen LogP contribution in [0.5, 0.6) is 5.75 Å². The van der Waals surface area contributed by atoms with Crippen molar-refractivity contribution < 1.29 is 14.3 Å². The minimum Gasteiger partial charge on any atom is -0.497 e. The van der Waals surface area contributed by atoms with E-state index >= 15 is 0 Å². The topological polar surface area (TPSA) is 47.6 Å². The van der Waals surface area contributed by atoms with Gasteiger partial charge in [0.15, 0.2) is 0 Å². The molecule has 5 heteroatoms. The Morgan fingerprint density at radius 1 is 1.55 bits per heavy atom. The van der Waals surface area contributed by atoms with Gasteiger partial charge < -0.3 is 14.8 Å². The number of ether oxygens (including phenoxy) is 2. The molecule has 1 heterocycles. The van der Waals surface area contributed by atoms with Gasteiger partial charge in [0.25, 0.3) is 5.91 Å². The lowest BCUT2D eigenvalue weighted by Crippen LogP contribution is -2.32. The van der Waals surface area contributed by atoms with Crippen molar-refractivity contribution in [2.75, 3.05) is 20.3 Å². The van der Waals surface area contributed by atoms with Crippen LogP contribution in [0, 0.1) is 5.92 Å². The van der Waals surface area contributed by atoms with E-state index in [9.17, 15) is 4.79 Å². The van der Waals surface area contributed by atoms with Crippen LogP contribution in [0.1, 0.15) is 30.1 Å². The van der Waals surface area contributed by atoms with Crippen molar-refractivity contribution in [2.45, 2.75) is 25.9 Å². The standard InChI is InChI=1S/C15H20BrNO3/c1-3-14-10(6-7-20-14)9-17-15(18)12-8-11(19-2)4-5-13(12)16/h4-5,8,10,14H,3,6-7,9H2,1-2H3,(H,17,18). The van der Waals surface area contributed by atoms with E-state index in [0.29, 0.717) is 23.8 Å². The SMILES string of the molecule is CCC1OCCC1CNC(=O)c1cc(OC)ccc1Br. The lowest BCUT2D eigenvalue weighted by molar-refractivity contribution is 0.0826. The van der Waals surface area contributed by atoms with E-state index in [4.69, 9.17) is 9.47 Å². The van der Waals surface area contributed by atoms with Crippen molar-refractivity contribution >= 4 is 21.8 Å². The van der Waals surface area contributed by atoms with Crippen molar-refractivity contribution in [1.82, 2.24) is 5.32 Å². The number of nitrogens with one attached hydrogen (secondary N) is 1. The maximum atomic E-state index is 12.2. The molecule has 0 radical (unpaired) electrons. The van der Waals surface area contributed by atoms with Crippen LogP contribution in [0.3, 0.4) is 0 Å². The van der Waals surface area contributed by atoms with Crippen LogP contribution in [0.15, 0.2) is 22.7 Å². The lowest BCUT2D eigenvalue weighted by Gasteiger charge is -2.17. The van der Waals surface area contributed by atoms with E-state index in [1.54, 1.807) is 13.2 Å². The molecular weight excluding hydrogens is 322 g/mol. The molecule has 0 spiro atoms. The minimum atomic E-state index is -0.0856. The Kier molecular flexibility index (Phi) is 5.43. The van der Waals surface area contributed by atoms with E-state index in [2.05, 4.69) is 28.2 Å². The van der Waals surface area contributed by atoms with Crippen LogP contribution in [0.2, 0.25) is 0 Å². The van der Waals surface area contributed by atoms with Crippen molar-refractivity contribution in [3.8, 4) is 5.75 Å². The minimum absolute atomic E-state index is 0.0856. The van der Waals surface area contributed by atoms with Gasteiger partial charge in [-0.3, -0.25) is 4.79 Å². The van der Waals surface area contributed by atoms with Gasteiger partial charge in [-0.2, -0.15) is 0 Å². The normalized spacial score (nSPS) is 21.8. The Morgan fingerprint density at radius 2 is 2.35 bits per heavy atom. The average Bonchev–Trinajstić information content (AvgIpc) is 2.92. The number of benzene rings is 1. The van der Waals surface area contributed by atoms with Crippen molar-refractivity contribution in [3.05, 3.63) is 28.2 Å². The summed E-state index contributed by atoms with van der Waals surface area (Å²) in [6, 6.07) is 5.38. The molecule has 110 valence electrons. The summed E-state index contributed by atoms with van der Waals surface area (Å²) < 4.78 is 11.6. The fourth-order valence-corrected chi connectivity index (χ4v) is 2.93. The Hall–Kier alpha value is -1.07. The Balaban J connectivity index is 1.98. The van der Waals surface area contributed by atoms with E-state index in [-0.39, 0.29) is 12.0 Å². The largest absolute Gasteiger partial charge is 0.497 e. The summed E-state index contributed by atoms with van der Waals surface area (Å²) in [6.07, 6.45) is 2.27. The van der Waals surface area contributed by atoms with Crippen molar-refractivity contribution in [1.29, 1.82) is 0 Å². The van der Waals surface area contributed by atoms with E-state index in [0.717, 1.165) is 23.9 Å². The Bertz CT molecular complexity index is 478. The van der Waals surface area contributed by atoms with Crippen molar-refractivity contribution in [2.24, 2.45) is 5.92 Å². The molecule has 1 amide bonds. The van der Waals surface area contributed by atoms with Gasteiger partial charge in [0.05, 0.1) is 18.8 Å². The fraction of sp³-hybridized carbons (Fsp3) is 0.533. The molecule has 4 nitrogen and oxygen atoms in total. The highest BCUT2D eigenvalue weighted by atomic mass is 79.9. The summed E-state index contributed by atoms with van der Waals surface area (Å²) in [7, 11) is 1.59. The molecule has 0 saturated carbocycles. The first-order valence-electron chi connectivity index (χ1n) is 6.89. The first-order valence-corrected chi connectivity index (χ1v) is 7.68. The molecule has 2 atom stereocenters. The third-order valence-corrected chi connectivity index (χ3v) is 4.38. The Morgan fingerprint density at radius 3 is 3.05 bits per heavy atom. The molecule has 1 aromatic rings. The average molecular weight is 342 g/mol. The molecule has 1 N–H and O–H groups in total. The third-order valence-electron chi connectivity index (χ3n) is 3.69. The monoisotopic (exact) mass is 341 g/mol. The molecule has 1 fully saturated rings. The number of rotatable bonds is 5. The fourth-order valence-electron chi connectivity index (χ4n) is 2.50. The quantitative estimate of drug-likeness (QED) is 0.895. The van der Waals surface area contributed by atoms with Crippen LogP contribution in [-0.2, 0) is 4.74 Å². The zero-order valence-corrected chi connectivity index (χ0v) is 13.4. The molecule has 20 heavy (non-hydrogen) atoms. The molecule has 1 saturated heterocycles. The summed E-state index contributed by atoms with van der Waals surface area (Å²) in [5.74, 6) is 1.000. The summed E-state index contributed by atoms with van der Waals surface area (Å²) in [4.78, 5) is 12.2. The van der Waals surface area contributed by atoms with Gasteiger partial charge in [-0.05, 0) is 47.0 Å². The van der Waals surface area contributed by atoms with Gasteiger partial charge in [-0.25, -0.2) is 0 Å². The molecule has 0 aliphatic carbocycles. The predicted molar refractivity (Wildman–Crippen MR) is 81.2 cm³/mol. The number of hydrogen-bond acceptors (Lipinski definition) is 3. The van der Waals surface area contributed by atoms with Gasteiger partial charge >= 0.3 is 0 Å². The molecule has 1 aliphatic rings. The molecular formula is C15H20BrNO3. The molecule has 0 aromatic heterocycles. The highest BCUT2D eigenvalue weighted by Crippen LogP contribution is 2.24. The highest BCUT2D eigenvalue weighted by Gasteiger charge is 2.27. The number of carbonyl (C=O) groups excluding carboxylic acids is 1. The van der Waals surface area contributed by atoms with Gasteiger partial charge in [-0.15, -0.1) is 0 Å². The van der Waals surface area contributed by atoms with Gasteiger partial charge in [0.1, 0.15) is 5.75 Å². The van der Waals surface area contributed by atoms with Crippen LogP contribution in [0.25, 0.3) is 0 Å². The summed E-state index contributed by atoms with van der Waals surface area (Å²) >= 11 is 3.40. The number of methoxy groups -OCH3 is 1. The second kappa shape index (κ2) is 7.09. The van der Waals surface area contributed by atoms with Crippen molar-refractivity contribution in [3.63, 3.8) is 0 Å². The number of halogens is 1. The molecule has 0 bridgehead atoms. The second-order valence-electron chi connectivity index (χ2n) is 4.92. The number of carbonyl (C=O) groups is 1. The smallest absolute Gasteiger partial charge is 0.252 e. The molecule has 2 rings (SSSR count). The third kappa shape index (κ3) is 3.52. The zero-order chi connectivity index (χ0) is 14.5. The summed E-state index contributed by atoms with van der Waals surface area (Å²) in [5.41, 5.74) is 0.594. The first-order chi connectivity index (χ1) is 9.65. The summed E-state index contributed by atoms with van der Waals surface area (Å²) in [5, 5.41) is 2.99. The van der Waals surface area contributed by atoms with Crippen LogP contribution in [0.4, 0.5) is 0 Å². The number of hydrogen-bond donors (Lipinski definition) is 1. The maximum absolute atomic E-state index is 12.2. The maximum Gasteiger partial charge on any atom is 0.252 e. The molecule has 2 unspecified atom stereocenters. The highest BCUT2D eigenvalue weighted by molar-refractivity contribution is 9.10. The van der Waals surface area contributed by atoms with Gasteiger partial charge in [0.2, 0.25) is 0 Å². The zero-order valence-electron chi connectivity index (χ0n) is 11.8. The van der Waals surface area contributed by atoms with Crippen LogP contribution < -0.4 is 10.1 Å².